The van der Waals surface area contributed by atoms with Gasteiger partial charge < -0.3 is 0 Å². The molecule has 0 unspecified atom stereocenters. The van der Waals surface area contributed by atoms with Gasteiger partial charge in [-0.3, -0.25) is 0 Å². The lowest BCUT2D eigenvalue weighted by Crippen LogP contribution is -2.01. The summed E-state index contributed by atoms with van der Waals surface area (Å²) in [5.74, 6) is 0.601. The van der Waals surface area contributed by atoms with E-state index in [1.807, 2.05) is 18.2 Å². The molecule has 7 heteroatoms. The summed E-state index contributed by atoms with van der Waals surface area (Å²) in [6.45, 7) is 0.482. The maximum atomic E-state index is 8.41. The fraction of sp³-hybridized carbons (Fsp3) is 0.250. The van der Waals surface area contributed by atoms with Crippen LogP contribution in [0.3, 0.4) is 0 Å². The molecule has 0 saturated heterocycles. The Morgan fingerprint density at radius 3 is 3.07 bits per heavy atom. The van der Waals surface area contributed by atoms with Crippen LogP contribution in [0.2, 0.25) is 0 Å². The Balaban J connectivity index is 2.17. The summed E-state index contributed by atoms with van der Waals surface area (Å²) in [4.78, 5) is 2.40. The molecule has 0 atom stereocenters. The third-order valence-electron chi connectivity index (χ3n) is 1.67. The smallest absolute Gasteiger partial charge is 0.198 e. The molecule has 15 heavy (non-hydrogen) atoms. The van der Waals surface area contributed by atoms with Crippen molar-refractivity contribution >= 4 is 27.3 Å². The SMILES string of the molecule is N#CCCn1nnc(-c2ccc(Br)s2)n1. The van der Waals surface area contributed by atoms with Gasteiger partial charge in [0.2, 0.25) is 5.82 Å². The summed E-state index contributed by atoms with van der Waals surface area (Å²) in [7, 11) is 0. The number of nitrogens with zero attached hydrogens (tertiary/aromatic N) is 5. The molecule has 0 N–H and O–H groups in total. The second kappa shape index (κ2) is 4.51. The number of aryl methyl sites for hydroxylation is 1. The Labute approximate surface area is 98.5 Å². The molecular formula is C8H6BrN5S. The van der Waals surface area contributed by atoms with Gasteiger partial charge in [0, 0.05) is 0 Å². The van der Waals surface area contributed by atoms with Crippen LogP contribution in [0.4, 0.5) is 0 Å². The van der Waals surface area contributed by atoms with Gasteiger partial charge in [0.05, 0.1) is 27.7 Å². The summed E-state index contributed by atoms with van der Waals surface area (Å²) in [5.41, 5.74) is 0. The van der Waals surface area contributed by atoms with Gasteiger partial charge in [-0.2, -0.15) is 10.1 Å². The highest BCUT2D eigenvalue weighted by molar-refractivity contribution is 9.11. The van der Waals surface area contributed by atoms with Crippen LogP contribution < -0.4 is 0 Å². The Kier molecular flexibility index (Phi) is 3.08. The largest absolute Gasteiger partial charge is 0.214 e. The molecule has 0 saturated carbocycles. The van der Waals surface area contributed by atoms with Crippen LogP contribution in [-0.4, -0.2) is 20.2 Å². The molecule has 0 aliphatic rings. The van der Waals surface area contributed by atoms with E-state index < -0.39 is 0 Å². The zero-order valence-corrected chi connectivity index (χ0v) is 9.99. The Morgan fingerprint density at radius 1 is 1.53 bits per heavy atom. The third-order valence-corrected chi connectivity index (χ3v) is 3.29. The zero-order valence-electron chi connectivity index (χ0n) is 7.59. The predicted molar refractivity (Wildman–Crippen MR) is 59.1 cm³/mol. The van der Waals surface area contributed by atoms with Gasteiger partial charge in [0.25, 0.3) is 0 Å². The Bertz CT molecular complexity index is 497. The average Bonchev–Trinajstić information content (AvgIpc) is 2.83. The topological polar surface area (TPSA) is 67.4 Å². The van der Waals surface area contributed by atoms with Crippen molar-refractivity contribution < 1.29 is 0 Å². The number of thiophene rings is 1. The number of hydrogen-bond acceptors (Lipinski definition) is 5. The first kappa shape index (κ1) is 10.3. The zero-order chi connectivity index (χ0) is 10.7. The lowest BCUT2D eigenvalue weighted by atomic mass is 10.4. The number of aromatic nitrogens is 4. The normalized spacial score (nSPS) is 10.1. The van der Waals surface area contributed by atoms with E-state index in [1.165, 1.54) is 4.80 Å². The molecule has 0 aromatic carbocycles. The van der Waals surface area contributed by atoms with Crippen molar-refractivity contribution in [1.29, 1.82) is 5.26 Å². The predicted octanol–water partition coefficient (Wildman–Crippen LogP) is 2.08. The molecule has 2 aromatic heterocycles. The number of tetrazole rings is 1. The van der Waals surface area contributed by atoms with Crippen molar-refractivity contribution in [3.63, 3.8) is 0 Å². The van der Waals surface area contributed by atoms with Crippen molar-refractivity contribution in [2.75, 3.05) is 0 Å². The summed E-state index contributed by atoms with van der Waals surface area (Å²) in [6, 6.07) is 5.91. The molecule has 0 aliphatic carbocycles. The maximum Gasteiger partial charge on any atom is 0.214 e. The lowest BCUT2D eigenvalue weighted by Gasteiger charge is -1.89. The molecule has 0 spiro atoms. The molecule has 2 heterocycles. The second-order valence-electron chi connectivity index (χ2n) is 2.72. The molecule has 5 nitrogen and oxygen atoms in total. The van der Waals surface area contributed by atoms with Crippen molar-refractivity contribution in [3.05, 3.63) is 15.9 Å². The lowest BCUT2D eigenvalue weighted by molar-refractivity contribution is 0.531. The van der Waals surface area contributed by atoms with Gasteiger partial charge in [-0.15, -0.1) is 21.5 Å². The monoisotopic (exact) mass is 283 g/mol. The Hall–Kier alpha value is -1.26. The molecule has 2 rings (SSSR count). The van der Waals surface area contributed by atoms with E-state index in [0.29, 0.717) is 18.8 Å². The fourth-order valence-electron chi connectivity index (χ4n) is 1.02. The minimum atomic E-state index is 0.393. The van der Waals surface area contributed by atoms with Crippen LogP contribution in [0.15, 0.2) is 15.9 Å². The molecule has 0 aliphatic heterocycles. The highest BCUT2D eigenvalue weighted by Gasteiger charge is 2.07. The van der Waals surface area contributed by atoms with E-state index in [4.69, 9.17) is 5.26 Å². The first-order valence-electron chi connectivity index (χ1n) is 4.20. The summed E-state index contributed by atoms with van der Waals surface area (Å²) >= 11 is 4.92. The van der Waals surface area contributed by atoms with Crippen molar-refractivity contribution in [3.8, 4) is 16.8 Å². The summed E-state index contributed by atoms with van der Waals surface area (Å²) < 4.78 is 1.03. The summed E-state index contributed by atoms with van der Waals surface area (Å²) in [5, 5.41) is 20.3. The Morgan fingerprint density at radius 2 is 2.40 bits per heavy atom. The van der Waals surface area contributed by atoms with Crippen LogP contribution in [0.1, 0.15) is 6.42 Å². The van der Waals surface area contributed by atoms with Gasteiger partial charge in [0.15, 0.2) is 0 Å². The van der Waals surface area contributed by atoms with Crippen LogP contribution >= 0.6 is 27.3 Å². The average molecular weight is 284 g/mol. The van der Waals surface area contributed by atoms with Gasteiger partial charge in [-0.05, 0) is 33.3 Å². The van der Waals surface area contributed by atoms with E-state index in [0.717, 1.165) is 8.66 Å². The fourth-order valence-corrected chi connectivity index (χ4v) is 2.33. The highest BCUT2D eigenvalue weighted by atomic mass is 79.9. The van der Waals surface area contributed by atoms with E-state index in [2.05, 4.69) is 31.3 Å². The first-order chi connectivity index (χ1) is 7.29. The van der Waals surface area contributed by atoms with Gasteiger partial charge >= 0.3 is 0 Å². The number of rotatable bonds is 3. The van der Waals surface area contributed by atoms with Crippen LogP contribution in [-0.2, 0) is 6.54 Å². The molecule has 0 fully saturated rings. The van der Waals surface area contributed by atoms with E-state index in [9.17, 15) is 0 Å². The van der Waals surface area contributed by atoms with Crippen molar-refractivity contribution in [1.82, 2.24) is 20.2 Å². The minimum absolute atomic E-state index is 0.393. The molecule has 76 valence electrons. The van der Waals surface area contributed by atoms with Gasteiger partial charge in [0.1, 0.15) is 0 Å². The van der Waals surface area contributed by atoms with Crippen LogP contribution in [0, 0.1) is 11.3 Å². The minimum Gasteiger partial charge on any atom is -0.198 e. The molecule has 2 aromatic rings. The first-order valence-corrected chi connectivity index (χ1v) is 5.81. The molecular weight excluding hydrogens is 278 g/mol. The molecule has 0 radical (unpaired) electrons. The second-order valence-corrected chi connectivity index (χ2v) is 5.18. The number of halogens is 1. The number of hydrogen-bond donors (Lipinski definition) is 0. The van der Waals surface area contributed by atoms with E-state index >= 15 is 0 Å². The van der Waals surface area contributed by atoms with Crippen molar-refractivity contribution in [2.24, 2.45) is 0 Å². The van der Waals surface area contributed by atoms with Crippen LogP contribution in [0.25, 0.3) is 10.7 Å². The number of nitriles is 1. The van der Waals surface area contributed by atoms with E-state index in [1.54, 1.807) is 11.3 Å². The maximum absolute atomic E-state index is 8.41. The molecule has 0 amide bonds. The standard InChI is InChI=1S/C8H6BrN5S/c9-7-3-2-6(15-7)8-11-13-14(12-8)5-1-4-10/h2-3H,1,5H2. The van der Waals surface area contributed by atoms with Gasteiger partial charge in [-0.1, -0.05) is 0 Å². The van der Waals surface area contributed by atoms with Gasteiger partial charge in [-0.25, -0.2) is 0 Å². The van der Waals surface area contributed by atoms with E-state index in [-0.39, 0.29) is 0 Å². The third kappa shape index (κ3) is 2.40. The van der Waals surface area contributed by atoms with Crippen molar-refractivity contribution in [2.45, 2.75) is 13.0 Å². The highest BCUT2D eigenvalue weighted by Crippen LogP contribution is 2.28. The van der Waals surface area contributed by atoms with Crippen LogP contribution in [0.5, 0.6) is 0 Å². The molecule has 0 bridgehead atoms. The summed E-state index contributed by atoms with van der Waals surface area (Å²) in [6.07, 6.45) is 0.393. The quantitative estimate of drug-likeness (QED) is 0.865.